The molecule has 5 rings (SSSR count). The number of nitrogens with one attached hydrogen (secondary N) is 2. The number of hydrogen-bond acceptors (Lipinski definition) is 5. The lowest BCUT2D eigenvalue weighted by Crippen LogP contribution is -2.02. The van der Waals surface area contributed by atoms with Gasteiger partial charge in [-0.1, -0.05) is 0 Å². The van der Waals surface area contributed by atoms with Gasteiger partial charge in [0.05, 0.1) is 17.1 Å². The van der Waals surface area contributed by atoms with Crippen LogP contribution in [0.2, 0.25) is 0 Å². The van der Waals surface area contributed by atoms with Gasteiger partial charge in [0.15, 0.2) is 0 Å². The molecule has 0 unspecified atom stereocenters. The maximum Gasteiger partial charge on any atom is 0.143 e. The molecule has 24 heavy (non-hydrogen) atoms. The van der Waals surface area contributed by atoms with E-state index in [0.717, 1.165) is 39.5 Å². The fourth-order valence-corrected chi connectivity index (χ4v) is 4.81. The van der Waals surface area contributed by atoms with E-state index in [1.807, 2.05) is 24.5 Å². The lowest BCUT2D eigenvalue weighted by molar-refractivity contribution is 0.700. The third-order valence-corrected chi connectivity index (χ3v) is 5.82. The Hall–Kier alpha value is -2.47. The molecule has 0 saturated heterocycles. The number of nitrogens with zero attached hydrogens (tertiary/aromatic N) is 3. The van der Waals surface area contributed by atoms with Crippen molar-refractivity contribution < 1.29 is 0 Å². The van der Waals surface area contributed by atoms with Crippen molar-refractivity contribution in [3.8, 4) is 0 Å². The number of thiophene rings is 1. The molecule has 1 aliphatic rings. The topological polar surface area (TPSA) is 66.5 Å². The second-order valence-corrected chi connectivity index (χ2v) is 7.39. The van der Waals surface area contributed by atoms with Gasteiger partial charge in [-0.3, -0.25) is 5.10 Å². The lowest BCUT2D eigenvalue weighted by Gasteiger charge is -2.13. The van der Waals surface area contributed by atoms with Gasteiger partial charge in [-0.2, -0.15) is 5.10 Å². The molecule has 0 atom stereocenters. The Morgan fingerprint density at radius 2 is 2.08 bits per heavy atom. The third kappa shape index (κ3) is 2.17. The molecule has 0 radical (unpaired) electrons. The second-order valence-electron chi connectivity index (χ2n) is 6.31. The number of aromatic amines is 1. The summed E-state index contributed by atoms with van der Waals surface area (Å²) < 4.78 is 0. The molecule has 6 heteroatoms. The van der Waals surface area contributed by atoms with Gasteiger partial charge in [0, 0.05) is 16.0 Å². The zero-order valence-corrected chi connectivity index (χ0v) is 14.2. The highest BCUT2D eigenvalue weighted by atomic mass is 32.1. The van der Waals surface area contributed by atoms with Gasteiger partial charge in [0.2, 0.25) is 0 Å². The van der Waals surface area contributed by atoms with Crippen molar-refractivity contribution in [1.29, 1.82) is 0 Å². The van der Waals surface area contributed by atoms with Crippen LogP contribution in [0.4, 0.5) is 11.5 Å². The van der Waals surface area contributed by atoms with Crippen molar-refractivity contribution in [2.45, 2.75) is 32.6 Å². The number of benzene rings is 1. The zero-order chi connectivity index (χ0) is 16.1. The van der Waals surface area contributed by atoms with Gasteiger partial charge >= 0.3 is 0 Å². The summed E-state index contributed by atoms with van der Waals surface area (Å²) in [4.78, 5) is 12.0. The van der Waals surface area contributed by atoms with Gasteiger partial charge in [-0.15, -0.1) is 11.3 Å². The molecular formula is C18H17N5S. The number of aromatic nitrogens is 4. The van der Waals surface area contributed by atoms with Crippen molar-refractivity contribution in [2.24, 2.45) is 0 Å². The van der Waals surface area contributed by atoms with E-state index in [9.17, 15) is 0 Å². The first-order valence-corrected chi connectivity index (χ1v) is 9.08. The van der Waals surface area contributed by atoms with Crippen LogP contribution in [-0.4, -0.2) is 20.2 Å². The Bertz CT molecular complexity index is 1060. The van der Waals surface area contributed by atoms with Crippen LogP contribution in [0.5, 0.6) is 0 Å². The molecule has 0 aliphatic heterocycles. The fraction of sp³-hybridized carbons (Fsp3) is 0.278. The highest BCUT2D eigenvalue weighted by Crippen LogP contribution is 2.39. The van der Waals surface area contributed by atoms with Crippen LogP contribution in [0, 0.1) is 6.92 Å². The summed E-state index contributed by atoms with van der Waals surface area (Å²) in [5, 5.41) is 12.9. The van der Waals surface area contributed by atoms with Crippen LogP contribution in [0.3, 0.4) is 0 Å². The summed E-state index contributed by atoms with van der Waals surface area (Å²) in [7, 11) is 0. The molecule has 0 spiro atoms. The highest BCUT2D eigenvalue weighted by molar-refractivity contribution is 7.19. The van der Waals surface area contributed by atoms with Crippen molar-refractivity contribution in [3.63, 3.8) is 0 Å². The molecular weight excluding hydrogens is 318 g/mol. The van der Waals surface area contributed by atoms with Crippen LogP contribution in [0.25, 0.3) is 21.1 Å². The van der Waals surface area contributed by atoms with Crippen molar-refractivity contribution in [3.05, 3.63) is 40.7 Å². The quantitative estimate of drug-likeness (QED) is 0.566. The smallest absolute Gasteiger partial charge is 0.143 e. The zero-order valence-electron chi connectivity index (χ0n) is 13.4. The Morgan fingerprint density at radius 3 is 3.04 bits per heavy atom. The predicted octanol–water partition coefficient (Wildman–Crippen LogP) is 4.50. The average molecular weight is 335 g/mol. The molecule has 4 aromatic rings. The Kier molecular flexibility index (Phi) is 3.06. The first-order valence-electron chi connectivity index (χ1n) is 8.27. The Labute approximate surface area is 143 Å². The molecule has 1 aromatic carbocycles. The monoisotopic (exact) mass is 335 g/mol. The number of fused-ring (bicyclic) bond motifs is 4. The molecule has 0 bridgehead atoms. The second kappa shape index (κ2) is 5.27. The molecule has 1 aliphatic carbocycles. The maximum absolute atomic E-state index is 4.70. The van der Waals surface area contributed by atoms with Gasteiger partial charge in [0.1, 0.15) is 16.5 Å². The van der Waals surface area contributed by atoms with E-state index in [-0.39, 0.29) is 0 Å². The molecule has 120 valence electrons. The molecule has 0 amide bonds. The minimum absolute atomic E-state index is 0.811. The molecule has 0 saturated carbocycles. The number of hydrogen-bond donors (Lipinski definition) is 2. The van der Waals surface area contributed by atoms with Crippen molar-refractivity contribution in [2.75, 3.05) is 5.32 Å². The van der Waals surface area contributed by atoms with E-state index < -0.39 is 0 Å². The summed E-state index contributed by atoms with van der Waals surface area (Å²) in [5.41, 5.74) is 3.49. The van der Waals surface area contributed by atoms with Gasteiger partial charge in [-0.25, -0.2) is 9.97 Å². The molecule has 5 nitrogen and oxygen atoms in total. The van der Waals surface area contributed by atoms with E-state index in [1.54, 1.807) is 0 Å². The summed E-state index contributed by atoms with van der Waals surface area (Å²) in [6, 6.07) is 6.21. The largest absolute Gasteiger partial charge is 0.340 e. The molecule has 3 heterocycles. The van der Waals surface area contributed by atoms with Crippen LogP contribution in [-0.2, 0) is 12.8 Å². The molecule has 2 N–H and O–H groups in total. The predicted molar refractivity (Wildman–Crippen MR) is 98.2 cm³/mol. The van der Waals surface area contributed by atoms with Crippen molar-refractivity contribution >= 4 is 44.0 Å². The summed E-state index contributed by atoms with van der Waals surface area (Å²) in [5.74, 6) is 1.74. The van der Waals surface area contributed by atoms with Crippen LogP contribution < -0.4 is 5.32 Å². The van der Waals surface area contributed by atoms with Gasteiger partial charge in [0.25, 0.3) is 0 Å². The summed E-state index contributed by atoms with van der Waals surface area (Å²) in [6.07, 6.45) is 6.68. The Morgan fingerprint density at radius 1 is 1.17 bits per heavy atom. The summed E-state index contributed by atoms with van der Waals surface area (Å²) in [6.45, 7) is 1.96. The number of aryl methyl sites for hydroxylation is 3. The fourth-order valence-electron chi connectivity index (χ4n) is 3.51. The third-order valence-electron chi connectivity index (χ3n) is 4.63. The van der Waals surface area contributed by atoms with Crippen molar-refractivity contribution in [1.82, 2.24) is 20.2 Å². The lowest BCUT2D eigenvalue weighted by atomic mass is 9.97. The molecule has 0 fully saturated rings. The van der Waals surface area contributed by atoms with E-state index in [0.29, 0.717) is 0 Å². The number of H-pyrrole nitrogens is 1. The Balaban J connectivity index is 1.66. The highest BCUT2D eigenvalue weighted by Gasteiger charge is 2.20. The normalized spacial score (nSPS) is 14.2. The SMILES string of the molecule is Cc1nc(Nc2ccc3cn[nH]c3c2)c2c3c(sc2n1)CCCC3. The van der Waals surface area contributed by atoms with Gasteiger partial charge in [-0.05, 0) is 56.4 Å². The van der Waals surface area contributed by atoms with E-state index in [4.69, 9.17) is 4.98 Å². The van der Waals surface area contributed by atoms with E-state index >= 15 is 0 Å². The van der Waals surface area contributed by atoms with E-state index in [1.165, 1.54) is 35.1 Å². The van der Waals surface area contributed by atoms with Crippen LogP contribution in [0.1, 0.15) is 29.1 Å². The minimum atomic E-state index is 0.811. The maximum atomic E-state index is 4.70. The van der Waals surface area contributed by atoms with Crippen LogP contribution >= 0.6 is 11.3 Å². The minimum Gasteiger partial charge on any atom is -0.340 e. The van der Waals surface area contributed by atoms with E-state index in [2.05, 4.69) is 38.7 Å². The summed E-state index contributed by atoms with van der Waals surface area (Å²) >= 11 is 1.84. The first kappa shape index (κ1) is 13.9. The number of anilines is 2. The molecule has 3 aromatic heterocycles. The van der Waals surface area contributed by atoms with Crippen LogP contribution in [0.15, 0.2) is 24.4 Å². The average Bonchev–Trinajstić information content (AvgIpc) is 3.17. The number of rotatable bonds is 2. The standard InChI is InChI=1S/C18H17N5S/c1-10-20-17(22-12-7-6-11-9-19-23-14(11)8-12)16-13-4-2-3-5-15(13)24-18(16)21-10/h6-9H,2-5H2,1H3,(H,19,23)(H,20,21,22). The van der Waals surface area contributed by atoms with Gasteiger partial charge < -0.3 is 5.32 Å². The first-order chi connectivity index (χ1) is 11.8.